The Bertz CT molecular complexity index is 1120. The smallest absolute Gasteiger partial charge is 0.226 e. The van der Waals surface area contributed by atoms with Gasteiger partial charge in [0.1, 0.15) is 17.3 Å². The van der Waals surface area contributed by atoms with E-state index in [0.717, 1.165) is 55.5 Å². The monoisotopic (exact) mass is 463 g/mol. The molecule has 2 aliphatic rings. The van der Waals surface area contributed by atoms with Crippen LogP contribution in [0.4, 0.5) is 4.39 Å². The van der Waals surface area contributed by atoms with Gasteiger partial charge in [-0.3, -0.25) is 4.79 Å². The van der Waals surface area contributed by atoms with Crippen LogP contribution < -0.4 is 4.74 Å². The van der Waals surface area contributed by atoms with Crippen LogP contribution in [-0.4, -0.2) is 39.8 Å². The Morgan fingerprint density at radius 1 is 1.12 bits per heavy atom. The molecule has 1 aromatic heterocycles. The Morgan fingerprint density at radius 2 is 1.88 bits per heavy atom. The quantitative estimate of drug-likeness (QED) is 0.453. The van der Waals surface area contributed by atoms with Crippen molar-refractivity contribution in [3.8, 4) is 22.9 Å². The van der Waals surface area contributed by atoms with Crippen LogP contribution in [0.5, 0.6) is 11.6 Å². The van der Waals surface area contributed by atoms with Gasteiger partial charge in [-0.05, 0) is 49.9 Å². The summed E-state index contributed by atoms with van der Waals surface area (Å²) in [6.45, 7) is 1.69. The van der Waals surface area contributed by atoms with Crippen LogP contribution in [0.15, 0.2) is 54.6 Å². The summed E-state index contributed by atoms with van der Waals surface area (Å²) in [6.07, 6.45) is 5.04. The second kappa shape index (κ2) is 9.97. The first-order chi connectivity index (χ1) is 16.6. The van der Waals surface area contributed by atoms with Crippen LogP contribution in [0.1, 0.15) is 37.7 Å². The lowest BCUT2D eigenvalue weighted by Gasteiger charge is -2.33. The molecule has 34 heavy (non-hydrogen) atoms. The first kappa shape index (κ1) is 22.6. The van der Waals surface area contributed by atoms with Crippen LogP contribution in [0.2, 0.25) is 0 Å². The minimum atomic E-state index is -0.323. The molecule has 0 N–H and O–H groups in total. The van der Waals surface area contributed by atoms with Gasteiger partial charge in [0, 0.05) is 31.7 Å². The van der Waals surface area contributed by atoms with E-state index in [-0.39, 0.29) is 23.7 Å². The van der Waals surface area contributed by atoms with Gasteiger partial charge in [0.25, 0.3) is 0 Å². The number of carbonyl (C=O) groups is 1. The first-order valence-electron chi connectivity index (χ1n) is 12.0. The average molecular weight is 464 g/mol. The highest BCUT2D eigenvalue weighted by atomic mass is 19.1. The molecule has 2 fully saturated rings. The highest BCUT2D eigenvalue weighted by molar-refractivity contribution is 5.80. The van der Waals surface area contributed by atoms with Crippen LogP contribution in [0, 0.1) is 11.7 Å². The molecular weight excluding hydrogens is 433 g/mol. The van der Waals surface area contributed by atoms with Crippen molar-refractivity contribution in [2.45, 2.75) is 44.8 Å². The van der Waals surface area contributed by atoms with Gasteiger partial charge in [0.2, 0.25) is 11.8 Å². The molecular formula is C27H30FN3O3. The summed E-state index contributed by atoms with van der Waals surface area (Å²) in [5, 5.41) is 4.77. The number of aryl methyl sites for hydroxylation is 1. The third-order valence-electron chi connectivity index (χ3n) is 6.73. The largest absolute Gasteiger partial charge is 0.439 e. The van der Waals surface area contributed by atoms with Crippen molar-refractivity contribution in [2.24, 2.45) is 13.0 Å². The second-order valence-corrected chi connectivity index (χ2v) is 9.16. The maximum atomic E-state index is 13.4. The molecule has 178 valence electrons. The molecule has 1 saturated carbocycles. The second-order valence-electron chi connectivity index (χ2n) is 9.16. The molecule has 1 amide bonds. The van der Waals surface area contributed by atoms with Gasteiger partial charge in [0.15, 0.2) is 0 Å². The SMILES string of the molecule is Cn1nc(-c2ccccc2)c(CN(C[C@H]2CCCO2)C(=O)C2CCC2)c1Oc1ccc(F)cc1. The Morgan fingerprint density at radius 3 is 2.53 bits per heavy atom. The number of amides is 1. The first-order valence-corrected chi connectivity index (χ1v) is 12.0. The number of carbonyl (C=O) groups excluding carboxylic acids is 1. The number of hydrogen-bond donors (Lipinski definition) is 0. The molecule has 2 heterocycles. The minimum absolute atomic E-state index is 0.0577. The molecule has 0 bridgehead atoms. The Kier molecular flexibility index (Phi) is 6.63. The molecule has 0 spiro atoms. The van der Waals surface area contributed by atoms with Crippen LogP contribution in [0.25, 0.3) is 11.3 Å². The van der Waals surface area contributed by atoms with Crippen molar-refractivity contribution in [2.75, 3.05) is 13.2 Å². The van der Waals surface area contributed by atoms with E-state index in [9.17, 15) is 9.18 Å². The van der Waals surface area contributed by atoms with Gasteiger partial charge in [-0.2, -0.15) is 5.10 Å². The summed E-state index contributed by atoms with van der Waals surface area (Å²) in [4.78, 5) is 15.4. The normalized spacial score (nSPS) is 18.0. The van der Waals surface area contributed by atoms with Crippen molar-refractivity contribution in [3.05, 3.63) is 66.0 Å². The van der Waals surface area contributed by atoms with E-state index in [2.05, 4.69) is 0 Å². The summed E-state index contributed by atoms with van der Waals surface area (Å²) in [7, 11) is 1.83. The van der Waals surface area contributed by atoms with E-state index < -0.39 is 0 Å². The topological polar surface area (TPSA) is 56.6 Å². The highest BCUT2D eigenvalue weighted by Gasteiger charge is 2.33. The van der Waals surface area contributed by atoms with E-state index in [1.807, 2.05) is 42.3 Å². The van der Waals surface area contributed by atoms with E-state index in [1.54, 1.807) is 16.8 Å². The predicted octanol–water partition coefficient (Wildman–Crippen LogP) is 5.33. The zero-order valence-corrected chi connectivity index (χ0v) is 19.5. The maximum Gasteiger partial charge on any atom is 0.226 e. The van der Waals surface area contributed by atoms with E-state index >= 15 is 0 Å². The van der Waals surface area contributed by atoms with E-state index in [1.165, 1.54) is 12.1 Å². The van der Waals surface area contributed by atoms with Crippen molar-refractivity contribution in [1.29, 1.82) is 0 Å². The van der Waals surface area contributed by atoms with Crippen molar-refractivity contribution in [3.63, 3.8) is 0 Å². The summed E-state index contributed by atoms with van der Waals surface area (Å²) in [5.41, 5.74) is 2.57. The third kappa shape index (κ3) is 4.85. The lowest BCUT2D eigenvalue weighted by atomic mass is 9.84. The summed E-state index contributed by atoms with van der Waals surface area (Å²) >= 11 is 0. The molecule has 1 atom stereocenters. The number of halogens is 1. The zero-order chi connectivity index (χ0) is 23.5. The Labute approximate surface area is 199 Å². The van der Waals surface area contributed by atoms with Crippen molar-refractivity contribution < 1.29 is 18.7 Å². The third-order valence-corrected chi connectivity index (χ3v) is 6.73. The fourth-order valence-electron chi connectivity index (χ4n) is 4.64. The summed E-state index contributed by atoms with van der Waals surface area (Å²) in [5.74, 6) is 0.999. The number of nitrogens with zero attached hydrogens (tertiary/aromatic N) is 3. The molecule has 1 saturated heterocycles. The number of benzene rings is 2. The van der Waals surface area contributed by atoms with Crippen molar-refractivity contribution in [1.82, 2.24) is 14.7 Å². The van der Waals surface area contributed by atoms with Gasteiger partial charge in [-0.25, -0.2) is 9.07 Å². The Hall–Kier alpha value is -3.19. The van der Waals surface area contributed by atoms with Gasteiger partial charge >= 0.3 is 0 Å². The van der Waals surface area contributed by atoms with E-state index in [4.69, 9.17) is 14.6 Å². The average Bonchev–Trinajstić information content (AvgIpc) is 3.43. The molecule has 0 radical (unpaired) electrons. The summed E-state index contributed by atoms with van der Waals surface area (Å²) in [6, 6.07) is 15.8. The number of aromatic nitrogens is 2. The van der Waals surface area contributed by atoms with Crippen LogP contribution >= 0.6 is 0 Å². The minimum Gasteiger partial charge on any atom is -0.439 e. The molecule has 5 rings (SSSR count). The van der Waals surface area contributed by atoms with Crippen LogP contribution in [-0.2, 0) is 23.1 Å². The van der Waals surface area contributed by atoms with Gasteiger partial charge in [0.05, 0.1) is 18.2 Å². The van der Waals surface area contributed by atoms with Crippen LogP contribution in [0.3, 0.4) is 0 Å². The van der Waals surface area contributed by atoms with Gasteiger partial charge in [-0.15, -0.1) is 0 Å². The lowest BCUT2D eigenvalue weighted by molar-refractivity contribution is -0.140. The molecule has 3 aromatic rings. The van der Waals surface area contributed by atoms with Gasteiger partial charge in [-0.1, -0.05) is 36.8 Å². The summed E-state index contributed by atoms with van der Waals surface area (Å²) < 4.78 is 27.2. The molecule has 0 unspecified atom stereocenters. The van der Waals surface area contributed by atoms with E-state index in [0.29, 0.717) is 24.7 Å². The molecule has 1 aliphatic heterocycles. The molecule has 7 heteroatoms. The predicted molar refractivity (Wildman–Crippen MR) is 127 cm³/mol. The number of rotatable bonds is 8. The molecule has 2 aromatic carbocycles. The fourth-order valence-corrected chi connectivity index (χ4v) is 4.64. The molecule has 6 nitrogen and oxygen atoms in total. The Balaban J connectivity index is 1.51. The fraction of sp³-hybridized carbons (Fsp3) is 0.407. The number of hydrogen-bond acceptors (Lipinski definition) is 4. The van der Waals surface area contributed by atoms with Gasteiger partial charge < -0.3 is 14.4 Å². The number of ether oxygens (including phenoxy) is 2. The standard InChI is InChI=1S/C27H30FN3O3/c1-30-27(34-22-14-12-21(28)13-15-22)24(25(29-30)19-7-3-2-4-8-19)18-31(17-23-11-6-16-33-23)26(32)20-9-5-10-20/h2-4,7-8,12-15,20,23H,5-6,9-11,16-18H2,1H3/t23-/m1/s1. The molecule has 1 aliphatic carbocycles. The zero-order valence-electron chi connectivity index (χ0n) is 19.5. The van der Waals surface area contributed by atoms with Crippen molar-refractivity contribution >= 4 is 5.91 Å². The lowest BCUT2D eigenvalue weighted by Crippen LogP contribution is -2.42. The maximum absolute atomic E-state index is 13.4. The highest BCUT2D eigenvalue weighted by Crippen LogP contribution is 2.36.